The molecule has 0 saturated heterocycles. The molecule has 124 valence electrons. The second-order valence-electron chi connectivity index (χ2n) is 5.17. The highest BCUT2D eigenvalue weighted by Gasteiger charge is 2.19. The Morgan fingerprint density at radius 3 is 2.67 bits per heavy atom. The predicted octanol–water partition coefficient (Wildman–Crippen LogP) is 4.10. The molecule has 0 N–H and O–H groups in total. The van der Waals surface area contributed by atoms with Crippen LogP contribution in [0.3, 0.4) is 0 Å². The van der Waals surface area contributed by atoms with Crippen LogP contribution < -0.4 is 0 Å². The zero-order chi connectivity index (χ0) is 17.3. The first kappa shape index (κ1) is 16.6. The Kier molecular flexibility index (Phi) is 4.64. The van der Waals surface area contributed by atoms with Crippen molar-refractivity contribution in [1.82, 2.24) is 14.2 Å². The summed E-state index contributed by atoms with van der Waals surface area (Å²) in [5, 5.41) is 3.80. The first-order chi connectivity index (χ1) is 11.5. The van der Waals surface area contributed by atoms with Gasteiger partial charge in [-0.3, -0.25) is 0 Å². The molecule has 1 aromatic carbocycles. The lowest BCUT2D eigenvalue weighted by Crippen LogP contribution is -2.08. The van der Waals surface area contributed by atoms with Crippen molar-refractivity contribution < 1.29 is 13.9 Å². The van der Waals surface area contributed by atoms with Gasteiger partial charge >= 0.3 is 5.97 Å². The van der Waals surface area contributed by atoms with E-state index >= 15 is 0 Å². The molecule has 8 heteroatoms. The molecule has 0 radical (unpaired) electrons. The van der Waals surface area contributed by atoms with Gasteiger partial charge in [0, 0.05) is 28.6 Å². The Bertz CT molecular complexity index is 889. The number of hydrogen-bond donors (Lipinski definition) is 0. The van der Waals surface area contributed by atoms with Crippen LogP contribution in [0.4, 0.5) is 4.39 Å². The second-order valence-corrected chi connectivity index (χ2v) is 6.52. The van der Waals surface area contributed by atoms with Crippen molar-refractivity contribution in [2.75, 3.05) is 0 Å². The molecule has 2 aromatic heterocycles. The number of rotatable bonds is 4. The van der Waals surface area contributed by atoms with E-state index in [-0.39, 0.29) is 12.4 Å². The number of carbonyl (C=O) groups excluding carboxylic acids is 1. The summed E-state index contributed by atoms with van der Waals surface area (Å²) in [4.78, 5) is 12.3. The van der Waals surface area contributed by atoms with E-state index < -0.39 is 5.97 Å². The van der Waals surface area contributed by atoms with Crippen LogP contribution in [0.25, 0.3) is 5.69 Å². The molecule has 0 spiro atoms. The van der Waals surface area contributed by atoms with Crippen LogP contribution in [-0.2, 0) is 11.3 Å². The minimum atomic E-state index is -0.472. The maximum Gasteiger partial charge on any atom is 0.340 e. The van der Waals surface area contributed by atoms with Gasteiger partial charge in [0.05, 0.1) is 5.56 Å². The van der Waals surface area contributed by atoms with Crippen LogP contribution in [0.15, 0.2) is 30.3 Å². The van der Waals surface area contributed by atoms with Crippen LogP contribution in [0.2, 0.25) is 4.34 Å². The van der Waals surface area contributed by atoms with Crippen LogP contribution in [0, 0.1) is 19.7 Å². The zero-order valence-corrected chi connectivity index (χ0v) is 14.5. The van der Waals surface area contributed by atoms with Crippen molar-refractivity contribution in [3.63, 3.8) is 0 Å². The summed E-state index contributed by atoms with van der Waals surface area (Å²) in [6.07, 6.45) is 0. The highest BCUT2D eigenvalue weighted by Crippen LogP contribution is 2.23. The summed E-state index contributed by atoms with van der Waals surface area (Å²) in [5.74, 6) is -0.782. The lowest BCUT2D eigenvalue weighted by Gasteiger charge is -2.09. The molecule has 3 aromatic rings. The van der Waals surface area contributed by atoms with Crippen molar-refractivity contribution in [1.29, 1.82) is 0 Å². The Hall–Kier alpha value is -2.25. The van der Waals surface area contributed by atoms with Gasteiger partial charge in [0.15, 0.2) is 0 Å². The van der Waals surface area contributed by atoms with E-state index in [4.69, 9.17) is 16.3 Å². The van der Waals surface area contributed by atoms with Gasteiger partial charge < -0.3 is 9.30 Å². The van der Waals surface area contributed by atoms with E-state index in [2.05, 4.69) is 9.59 Å². The molecule has 0 aliphatic heterocycles. The summed E-state index contributed by atoms with van der Waals surface area (Å²) in [6.45, 7) is 3.65. The highest BCUT2D eigenvalue weighted by molar-refractivity contribution is 7.10. The minimum Gasteiger partial charge on any atom is -0.455 e. The Labute approximate surface area is 146 Å². The summed E-state index contributed by atoms with van der Waals surface area (Å²) in [7, 11) is 0. The molecule has 3 rings (SSSR count). The third-order valence-electron chi connectivity index (χ3n) is 3.59. The van der Waals surface area contributed by atoms with Gasteiger partial charge in [-0.15, -0.1) is 5.10 Å². The summed E-state index contributed by atoms with van der Waals surface area (Å²) >= 11 is 6.93. The number of esters is 1. The maximum absolute atomic E-state index is 13.1. The van der Waals surface area contributed by atoms with Gasteiger partial charge in [-0.05, 0) is 44.2 Å². The van der Waals surface area contributed by atoms with E-state index in [1.54, 1.807) is 18.2 Å². The number of carbonyl (C=O) groups is 1. The summed E-state index contributed by atoms with van der Waals surface area (Å²) in [5.41, 5.74) is 3.21. The Morgan fingerprint density at radius 1 is 1.33 bits per heavy atom. The third-order valence-corrected chi connectivity index (χ3v) is 4.57. The number of hydrogen-bond acceptors (Lipinski definition) is 5. The van der Waals surface area contributed by atoms with Crippen LogP contribution >= 0.6 is 23.1 Å². The molecule has 0 atom stereocenters. The van der Waals surface area contributed by atoms with Crippen LogP contribution in [0.1, 0.15) is 27.4 Å². The average Bonchev–Trinajstić information content (AvgIpc) is 3.09. The number of aromatic nitrogens is 3. The molecular weight excluding hydrogens is 353 g/mol. The largest absolute Gasteiger partial charge is 0.455 e. The van der Waals surface area contributed by atoms with Crippen molar-refractivity contribution in [2.45, 2.75) is 20.5 Å². The molecule has 5 nitrogen and oxygen atoms in total. The molecule has 0 aliphatic carbocycles. The fraction of sp³-hybridized carbons (Fsp3) is 0.188. The van der Waals surface area contributed by atoms with Crippen molar-refractivity contribution in [3.05, 3.63) is 63.1 Å². The van der Waals surface area contributed by atoms with Crippen molar-refractivity contribution >= 4 is 29.1 Å². The molecule has 24 heavy (non-hydrogen) atoms. The molecule has 0 bridgehead atoms. The molecule has 0 amide bonds. The topological polar surface area (TPSA) is 57.0 Å². The van der Waals surface area contributed by atoms with Crippen LogP contribution in [0.5, 0.6) is 0 Å². The fourth-order valence-electron chi connectivity index (χ4n) is 2.45. The molecule has 0 unspecified atom stereocenters. The van der Waals surface area contributed by atoms with E-state index in [0.717, 1.165) is 22.9 Å². The molecular formula is C16H13ClFN3O2S. The van der Waals surface area contributed by atoms with Crippen molar-refractivity contribution in [2.24, 2.45) is 0 Å². The summed E-state index contributed by atoms with van der Waals surface area (Å²) in [6, 6.07) is 7.81. The third kappa shape index (κ3) is 3.18. The number of halogens is 2. The quantitative estimate of drug-likeness (QED) is 0.653. The van der Waals surface area contributed by atoms with Crippen LogP contribution in [-0.4, -0.2) is 20.1 Å². The number of ether oxygens (including phenoxy) is 1. The lowest BCUT2D eigenvalue weighted by molar-refractivity contribution is 0.0467. The summed E-state index contributed by atoms with van der Waals surface area (Å²) < 4.78 is 24.3. The average molecular weight is 366 g/mol. The minimum absolute atomic E-state index is 0.0334. The van der Waals surface area contributed by atoms with Gasteiger partial charge in [-0.1, -0.05) is 16.1 Å². The van der Waals surface area contributed by atoms with Gasteiger partial charge in [0.1, 0.15) is 22.5 Å². The van der Waals surface area contributed by atoms with E-state index in [1.807, 2.05) is 18.4 Å². The highest BCUT2D eigenvalue weighted by atomic mass is 35.5. The molecule has 2 heterocycles. The molecule has 0 saturated carbocycles. The van der Waals surface area contributed by atoms with E-state index in [9.17, 15) is 9.18 Å². The van der Waals surface area contributed by atoms with E-state index in [0.29, 0.717) is 21.3 Å². The lowest BCUT2D eigenvalue weighted by atomic mass is 10.2. The van der Waals surface area contributed by atoms with Gasteiger partial charge in [-0.2, -0.15) is 0 Å². The fourth-order valence-corrected chi connectivity index (χ4v) is 3.05. The number of aryl methyl sites for hydroxylation is 1. The number of nitrogens with zero attached hydrogens (tertiary/aromatic N) is 3. The number of benzene rings is 1. The Morgan fingerprint density at radius 2 is 2.04 bits per heavy atom. The molecule has 0 aliphatic rings. The van der Waals surface area contributed by atoms with Gasteiger partial charge in [0.25, 0.3) is 0 Å². The zero-order valence-electron chi connectivity index (χ0n) is 12.9. The normalized spacial score (nSPS) is 10.8. The second kappa shape index (κ2) is 6.70. The van der Waals surface area contributed by atoms with Gasteiger partial charge in [-0.25, -0.2) is 9.18 Å². The van der Waals surface area contributed by atoms with Gasteiger partial charge in [0.2, 0.25) is 0 Å². The first-order valence-electron chi connectivity index (χ1n) is 7.06. The monoisotopic (exact) mass is 365 g/mol. The standard InChI is InChI=1S/C16H13ClFN3O2S/c1-9-7-13(16(22)23-8-14-15(17)24-20-19-14)10(2)21(9)12-5-3-11(18)4-6-12/h3-7H,8H2,1-2H3. The first-order valence-corrected chi connectivity index (χ1v) is 8.21. The van der Waals surface area contributed by atoms with Crippen molar-refractivity contribution in [3.8, 4) is 5.69 Å². The maximum atomic E-state index is 13.1. The SMILES string of the molecule is Cc1cc(C(=O)OCc2nnsc2Cl)c(C)n1-c1ccc(F)cc1. The molecule has 0 fully saturated rings. The predicted molar refractivity (Wildman–Crippen MR) is 89.2 cm³/mol. The van der Waals surface area contributed by atoms with E-state index in [1.165, 1.54) is 12.1 Å². The Balaban J connectivity index is 1.84. The smallest absolute Gasteiger partial charge is 0.340 e.